The van der Waals surface area contributed by atoms with Gasteiger partial charge in [-0.1, -0.05) is 131 Å². The standard InChI is InChI=1S/C58H80FN3O8/c1-6-8-9-10-11-12-13-14-18-27-53(65)62(41-43-28-30-45(59)31-29-43)52-39-50(61-70-57(3,4)5)48-37-44(25-19-21-34-63)47(26-20-22-35-64)54-49-38-46(68-56(66)60-40-42-23-16-15-17-24-42)32-33-51(49)69-58(52,55(48)54)67-36-7-2/h7,15-17,23-24,28-33,37-38,44,47,52,54-55,63-64H,2,6,8-14,18-22,25-27,34-36,39-41H2,1,3-5H3,(H,60,66)/t44-,47+,52-,54+,55+,58+/m0/s1. The van der Waals surface area contributed by atoms with Gasteiger partial charge in [-0.15, -0.1) is 6.58 Å². The van der Waals surface area contributed by atoms with Crippen molar-refractivity contribution in [1.29, 1.82) is 0 Å². The number of amides is 2. The molecule has 382 valence electrons. The molecule has 1 fully saturated rings. The van der Waals surface area contributed by atoms with Crippen LogP contribution in [0.4, 0.5) is 9.18 Å². The minimum Gasteiger partial charge on any atom is -0.459 e. The molecule has 6 atom stereocenters. The molecule has 70 heavy (non-hydrogen) atoms. The highest BCUT2D eigenvalue weighted by Crippen LogP contribution is 2.62. The third-order valence-corrected chi connectivity index (χ3v) is 14.0. The van der Waals surface area contributed by atoms with Crippen LogP contribution in [-0.4, -0.2) is 70.1 Å². The molecule has 1 saturated carbocycles. The van der Waals surface area contributed by atoms with E-state index in [-0.39, 0.29) is 62.3 Å². The average molecular weight is 966 g/mol. The fourth-order valence-corrected chi connectivity index (χ4v) is 10.7. The molecule has 0 radical (unpaired) electrons. The summed E-state index contributed by atoms with van der Waals surface area (Å²) in [7, 11) is 0. The zero-order valence-corrected chi connectivity index (χ0v) is 42.3. The summed E-state index contributed by atoms with van der Waals surface area (Å²) in [5, 5.41) is 27.9. The molecule has 3 aromatic rings. The number of unbranched alkanes of at least 4 members (excludes halogenated alkanes) is 10. The molecule has 1 heterocycles. The van der Waals surface area contributed by atoms with Gasteiger partial charge in [0.15, 0.2) is 0 Å². The Hall–Kier alpha value is -5.04. The van der Waals surface area contributed by atoms with E-state index in [0.717, 1.165) is 73.6 Å². The molecule has 1 aliphatic heterocycles. The quantitative estimate of drug-likeness (QED) is 0.0371. The molecule has 2 amide bonds. The van der Waals surface area contributed by atoms with Crippen molar-refractivity contribution in [2.45, 2.75) is 173 Å². The normalized spacial score (nSPS) is 22.0. The molecular weight excluding hydrogens is 886 g/mol. The Morgan fingerprint density at radius 1 is 0.886 bits per heavy atom. The summed E-state index contributed by atoms with van der Waals surface area (Å²) in [6.07, 6.45) is 18.4. The summed E-state index contributed by atoms with van der Waals surface area (Å²) in [5.41, 5.74) is 3.50. The van der Waals surface area contributed by atoms with E-state index in [0.29, 0.717) is 43.0 Å². The molecule has 3 aromatic carbocycles. The number of nitrogens with zero attached hydrogens (tertiary/aromatic N) is 2. The van der Waals surface area contributed by atoms with Gasteiger partial charge in [0, 0.05) is 50.6 Å². The predicted molar refractivity (Wildman–Crippen MR) is 274 cm³/mol. The van der Waals surface area contributed by atoms with Crippen molar-refractivity contribution in [3.8, 4) is 11.5 Å². The molecule has 0 unspecified atom stereocenters. The molecule has 2 aliphatic carbocycles. The fourth-order valence-electron chi connectivity index (χ4n) is 10.7. The van der Waals surface area contributed by atoms with Crippen LogP contribution in [0.1, 0.15) is 159 Å². The van der Waals surface area contributed by atoms with Crippen LogP contribution in [0.2, 0.25) is 0 Å². The van der Waals surface area contributed by atoms with Gasteiger partial charge in [0.1, 0.15) is 29.0 Å². The second-order valence-corrected chi connectivity index (χ2v) is 20.4. The lowest BCUT2D eigenvalue weighted by atomic mass is 9.55. The Balaban J connectivity index is 1.49. The van der Waals surface area contributed by atoms with Gasteiger partial charge in [0.2, 0.25) is 11.7 Å². The molecule has 3 N–H and O–H groups in total. The third kappa shape index (κ3) is 14.8. The minimum atomic E-state index is -1.48. The van der Waals surface area contributed by atoms with Crippen molar-refractivity contribution < 1.29 is 43.2 Å². The first-order valence-corrected chi connectivity index (χ1v) is 26.2. The maximum absolute atomic E-state index is 15.2. The maximum atomic E-state index is 15.2. The van der Waals surface area contributed by atoms with Crippen molar-refractivity contribution in [2.24, 2.45) is 22.9 Å². The van der Waals surface area contributed by atoms with Gasteiger partial charge in [-0.3, -0.25) is 4.79 Å². The van der Waals surface area contributed by atoms with Crippen molar-refractivity contribution in [1.82, 2.24) is 10.2 Å². The highest BCUT2D eigenvalue weighted by molar-refractivity contribution is 6.03. The van der Waals surface area contributed by atoms with Crippen LogP contribution in [-0.2, 0) is 27.5 Å². The zero-order valence-electron chi connectivity index (χ0n) is 42.3. The van der Waals surface area contributed by atoms with Crippen molar-refractivity contribution >= 4 is 17.7 Å². The van der Waals surface area contributed by atoms with Gasteiger partial charge in [-0.2, -0.15) is 0 Å². The Bertz CT molecular complexity index is 2170. The first kappa shape index (κ1) is 54.3. The lowest BCUT2D eigenvalue weighted by molar-refractivity contribution is -0.258. The van der Waals surface area contributed by atoms with Crippen molar-refractivity contribution in [3.63, 3.8) is 0 Å². The van der Waals surface area contributed by atoms with Crippen LogP contribution < -0.4 is 14.8 Å². The highest BCUT2D eigenvalue weighted by Gasteiger charge is 2.65. The summed E-state index contributed by atoms with van der Waals surface area (Å²) >= 11 is 0. The van der Waals surface area contributed by atoms with E-state index in [4.69, 9.17) is 24.2 Å². The lowest BCUT2D eigenvalue weighted by Crippen LogP contribution is -2.70. The van der Waals surface area contributed by atoms with Crippen molar-refractivity contribution in [2.75, 3.05) is 19.8 Å². The number of halogens is 1. The molecule has 0 saturated heterocycles. The van der Waals surface area contributed by atoms with E-state index in [2.05, 4.69) is 24.9 Å². The number of ether oxygens (including phenoxy) is 3. The number of aliphatic hydroxyl groups is 2. The Labute approximate surface area is 416 Å². The number of oxime groups is 1. The molecular formula is C58H80FN3O8. The van der Waals surface area contributed by atoms with Gasteiger partial charge >= 0.3 is 6.09 Å². The topological polar surface area (TPSA) is 139 Å². The van der Waals surface area contributed by atoms with Crippen LogP contribution in [0, 0.1) is 23.6 Å². The summed E-state index contributed by atoms with van der Waals surface area (Å²) in [6.45, 7) is 12.9. The Morgan fingerprint density at radius 3 is 2.24 bits per heavy atom. The maximum Gasteiger partial charge on any atom is 0.412 e. The second-order valence-electron chi connectivity index (χ2n) is 20.4. The van der Waals surface area contributed by atoms with Crippen LogP contribution in [0.5, 0.6) is 11.5 Å². The van der Waals surface area contributed by atoms with Gasteiger partial charge in [-0.25, -0.2) is 9.18 Å². The minimum absolute atomic E-state index is 0.0169. The number of hydrogen-bond acceptors (Lipinski definition) is 9. The molecule has 0 bridgehead atoms. The number of nitrogens with one attached hydrogen (secondary N) is 1. The SMILES string of the molecule is C=CCO[C@@]12Oc3ccc(OC(=O)NCc4ccccc4)cc3[C@H]3[C@H](CCCCO)[C@@H](CCCCO)C=C(C(=NOC(C)(C)C)C[C@@H]1N(Cc1ccc(F)cc1)C(=O)CCCCCCCCCCC)[C@H]32. The summed E-state index contributed by atoms with van der Waals surface area (Å²) in [4.78, 5) is 36.8. The Morgan fingerprint density at radius 2 is 1.57 bits per heavy atom. The molecule has 0 spiro atoms. The monoisotopic (exact) mass is 966 g/mol. The summed E-state index contributed by atoms with van der Waals surface area (Å²) < 4.78 is 35.1. The van der Waals surface area contributed by atoms with Crippen molar-refractivity contribution in [3.05, 3.63) is 120 Å². The summed E-state index contributed by atoms with van der Waals surface area (Å²) in [6, 6.07) is 20.7. The number of allylic oxidation sites excluding steroid dienone is 1. The zero-order chi connectivity index (χ0) is 49.9. The van der Waals surface area contributed by atoms with E-state index in [1.54, 1.807) is 24.3 Å². The Kier molecular flexibility index (Phi) is 20.9. The van der Waals surface area contributed by atoms with Crippen LogP contribution in [0.25, 0.3) is 0 Å². The van der Waals surface area contributed by atoms with Crippen LogP contribution >= 0.6 is 0 Å². The summed E-state index contributed by atoms with van der Waals surface area (Å²) in [5.74, 6) is -1.87. The number of rotatable bonds is 28. The number of benzene rings is 3. The third-order valence-electron chi connectivity index (χ3n) is 14.0. The number of carbonyl (C=O) groups is 2. The van der Waals surface area contributed by atoms with Gasteiger partial charge < -0.3 is 39.5 Å². The van der Waals surface area contributed by atoms with Gasteiger partial charge in [-0.05, 0) is 112 Å². The molecule has 3 aliphatic rings. The number of fused-ring (bicyclic) bond motifs is 2. The number of hydrogen-bond donors (Lipinski definition) is 3. The van der Waals surface area contributed by atoms with Gasteiger partial charge in [0.25, 0.3) is 0 Å². The fraction of sp³-hybridized carbons (Fsp3) is 0.569. The lowest BCUT2D eigenvalue weighted by Gasteiger charge is -2.60. The number of carbonyl (C=O) groups excluding carboxylic acids is 2. The van der Waals surface area contributed by atoms with E-state index in [1.165, 1.54) is 44.2 Å². The average Bonchev–Trinajstić information content (AvgIpc) is 3.35. The molecule has 12 heteroatoms. The molecule has 0 aromatic heterocycles. The first-order chi connectivity index (χ1) is 33.9. The van der Waals surface area contributed by atoms with E-state index in [1.807, 2.05) is 68.1 Å². The molecule has 6 rings (SSSR count). The first-order valence-electron chi connectivity index (χ1n) is 26.2. The second kappa shape index (κ2) is 27.0. The van der Waals surface area contributed by atoms with Gasteiger partial charge in [0.05, 0.1) is 18.2 Å². The number of aliphatic hydroxyl groups excluding tert-OH is 2. The van der Waals surface area contributed by atoms with E-state index in [9.17, 15) is 19.4 Å². The van der Waals surface area contributed by atoms with E-state index < -0.39 is 29.4 Å². The largest absolute Gasteiger partial charge is 0.459 e. The van der Waals surface area contributed by atoms with Crippen LogP contribution in [0.15, 0.2) is 102 Å². The molecule has 11 nitrogen and oxygen atoms in total. The predicted octanol–water partition coefficient (Wildman–Crippen LogP) is 12.5. The van der Waals surface area contributed by atoms with E-state index >= 15 is 4.79 Å². The smallest absolute Gasteiger partial charge is 0.412 e. The van der Waals surface area contributed by atoms with Crippen LogP contribution in [0.3, 0.4) is 0 Å². The highest BCUT2D eigenvalue weighted by atomic mass is 19.1.